The van der Waals surface area contributed by atoms with Gasteiger partial charge in [0.15, 0.2) is 10.2 Å². The van der Waals surface area contributed by atoms with Gasteiger partial charge < -0.3 is 19.6 Å². The summed E-state index contributed by atoms with van der Waals surface area (Å²) < 4.78 is 0. The van der Waals surface area contributed by atoms with Crippen LogP contribution in [0.5, 0.6) is 0 Å². The van der Waals surface area contributed by atoms with Gasteiger partial charge in [-0.2, -0.15) is 0 Å². The van der Waals surface area contributed by atoms with Gasteiger partial charge in [0.25, 0.3) is 0 Å². The fraction of sp³-hybridized carbons (Fsp3) is 0.297. The number of thiocarbonyl (C=S) groups is 2. The molecule has 0 N–H and O–H groups in total. The van der Waals surface area contributed by atoms with Gasteiger partial charge >= 0.3 is 0 Å². The van der Waals surface area contributed by atoms with Gasteiger partial charge in [-0.25, -0.2) is 0 Å². The number of rotatable bonds is 6. The lowest BCUT2D eigenvalue weighted by Gasteiger charge is -2.25. The number of hydrogen-bond acceptors (Lipinski definition) is 2. The molecule has 2 heterocycles. The molecule has 0 aliphatic carbocycles. The Morgan fingerprint density at radius 3 is 1.09 bits per heavy atom. The molecule has 0 bridgehead atoms. The minimum absolute atomic E-state index is 0.879. The predicted molar refractivity (Wildman–Crippen MR) is 192 cm³/mol. The van der Waals surface area contributed by atoms with Crippen molar-refractivity contribution in [1.29, 1.82) is 0 Å². The van der Waals surface area contributed by atoms with E-state index >= 15 is 0 Å². The van der Waals surface area contributed by atoms with Crippen LogP contribution in [-0.4, -0.2) is 36.4 Å². The van der Waals surface area contributed by atoms with Crippen LogP contribution in [-0.2, 0) is 6.42 Å². The van der Waals surface area contributed by atoms with E-state index in [9.17, 15) is 0 Å². The van der Waals surface area contributed by atoms with Crippen LogP contribution in [0.3, 0.4) is 0 Å². The Hall–Kier alpha value is -3.74. The maximum absolute atomic E-state index is 5.97. The SMILES string of the molecule is Cc1cc(C)c(N2CCN(c3ccc(Cc4ccc(N5CCN(c6c(C)cc(C)cc6C)C5=S)cc4)cc3)C2=S)c(C)c1. The molecule has 6 heteroatoms. The summed E-state index contributed by atoms with van der Waals surface area (Å²) in [5, 5.41) is 1.76. The van der Waals surface area contributed by atoms with Crippen molar-refractivity contribution in [3.63, 3.8) is 0 Å². The van der Waals surface area contributed by atoms with Crippen molar-refractivity contribution in [2.24, 2.45) is 0 Å². The molecule has 2 aliphatic heterocycles. The van der Waals surface area contributed by atoms with Crippen LogP contribution in [0.2, 0.25) is 0 Å². The van der Waals surface area contributed by atoms with Crippen molar-refractivity contribution < 1.29 is 0 Å². The van der Waals surface area contributed by atoms with Gasteiger partial charge in [-0.15, -0.1) is 0 Å². The molecule has 0 amide bonds. The smallest absolute Gasteiger partial charge is 0.180 e. The second kappa shape index (κ2) is 11.7. The van der Waals surface area contributed by atoms with E-state index in [0.717, 1.165) is 54.2 Å². The van der Waals surface area contributed by atoms with Crippen LogP contribution in [0.15, 0.2) is 72.8 Å². The highest BCUT2D eigenvalue weighted by Gasteiger charge is 2.30. The van der Waals surface area contributed by atoms with Crippen LogP contribution < -0.4 is 19.6 Å². The van der Waals surface area contributed by atoms with Crippen LogP contribution in [0.1, 0.15) is 44.5 Å². The standard InChI is InChI=1S/C37H40N4S2/c1-24-19-26(3)34(27(4)20-24)40-17-15-38(36(40)42)32-11-7-30(8-12-32)23-31-9-13-33(14-10-31)39-16-18-41(37(39)43)35-28(5)21-25(2)22-29(35)6/h7-14,19-22H,15-18,23H2,1-6H3. The Morgan fingerprint density at radius 2 is 0.767 bits per heavy atom. The van der Waals surface area contributed by atoms with E-state index in [1.54, 1.807) is 0 Å². The van der Waals surface area contributed by atoms with Crippen molar-refractivity contribution in [3.05, 3.63) is 117 Å². The first-order chi connectivity index (χ1) is 20.6. The van der Waals surface area contributed by atoms with Gasteiger partial charge in [-0.3, -0.25) is 0 Å². The molecule has 6 rings (SSSR count). The van der Waals surface area contributed by atoms with Gasteiger partial charge in [0.2, 0.25) is 0 Å². The van der Waals surface area contributed by atoms with E-state index in [0.29, 0.717) is 0 Å². The minimum atomic E-state index is 0.879. The first-order valence-electron chi connectivity index (χ1n) is 15.1. The lowest BCUT2D eigenvalue weighted by molar-refractivity contribution is 1.01. The fourth-order valence-electron chi connectivity index (χ4n) is 6.99. The van der Waals surface area contributed by atoms with Gasteiger partial charge in [0, 0.05) is 48.9 Å². The molecule has 2 aliphatic rings. The van der Waals surface area contributed by atoms with E-state index in [2.05, 4.69) is 134 Å². The topological polar surface area (TPSA) is 13.0 Å². The highest BCUT2D eigenvalue weighted by molar-refractivity contribution is 7.81. The van der Waals surface area contributed by atoms with Crippen molar-refractivity contribution in [2.45, 2.75) is 48.0 Å². The van der Waals surface area contributed by atoms with E-state index < -0.39 is 0 Å². The maximum atomic E-state index is 5.97. The summed E-state index contributed by atoms with van der Waals surface area (Å²) in [4.78, 5) is 9.11. The second-order valence-electron chi connectivity index (χ2n) is 12.2. The van der Waals surface area contributed by atoms with Crippen LogP contribution in [0, 0.1) is 41.5 Å². The summed E-state index contributed by atoms with van der Waals surface area (Å²) in [5.41, 5.74) is 15.1. The average Bonchev–Trinajstić information content (AvgIpc) is 3.51. The van der Waals surface area contributed by atoms with Gasteiger partial charge in [-0.05, 0) is 130 Å². The third-order valence-electron chi connectivity index (χ3n) is 8.73. The quantitative estimate of drug-likeness (QED) is 0.204. The van der Waals surface area contributed by atoms with Crippen LogP contribution >= 0.6 is 24.4 Å². The van der Waals surface area contributed by atoms with E-state index in [1.807, 2.05) is 0 Å². The molecule has 4 aromatic carbocycles. The Morgan fingerprint density at radius 1 is 0.465 bits per heavy atom. The van der Waals surface area contributed by atoms with Gasteiger partial charge in [-0.1, -0.05) is 59.7 Å². The van der Waals surface area contributed by atoms with Crippen molar-refractivity contribution in [3.8, 4) is 0 Å². The molecule has 0 spiro atoms. The molecular formula is C37H40N4S2. The van der Waals surface area contributed by atoms with Gasteiger partial charge in [0.05, 0.1) is 0 Å². The third kappa shape index (κ3) is 5.66. The van der Waals surface area contributed by atoms with Crippen molar-refractivity contribution >= 4 is 57.4 Å². The van der Waals surface area contributed by atoms with Crippen molar-refractivity contribution in [1.82, 2.24) is 0 Å². The lowest BCUT2D eigenvalue weighted by Crippen LogP contribution is -2.32. The van der Waals surface area contributed by atoms with Crippen LogP contribution in [0.25, 0.3) is 0 Å². The summed E-state index contributed by atoms with van der Waals surface area (Å²) in [5.74, 6) is 0. The zero-order valence-corrected chi connectivity index (χ0v) is 27.7. The number of aryl methyl sites for hydroxylation is 6. The third-order valence-corrected chi connectivity index (χ3v) is 9.61. The zero-order valence-electron chi connectivity index (χ0n) is 26.1. The van der Waals surface area contributed by atoms with E-state index in [1.165, 1.54) is 55.9 Å². The Bertz CT molecular complexity index is 1540. The lowest BCUT2D eigenvalue weighted by atomic mass is 10.0. The first-order valence-corrected chi connectivity index (χ1v) is 15.9. The van der Waals surface area contributed by atoms with Crippen molar-refractivity contribution in [2.75, 3.05) is 45.8 Å². The zero-order chi connectivity index (χ0) is 30.4. The Balaban J connectivity index is 1.11. The molecule has 2 fully saturated rings. The fourth-order valence-corrected chi connectivity index (χ4v) is 7.75. The number of hydrogen-bond donors (Lipinski definition) is 0. The number of benzene rings is 4. The summed E-state index contributed by atoms with van der Waals surface area (Å²) in [6.07, 6.45) is 0.886. The molecule has 0 saturated carbocycles. The molecular weight excluding hydrogens is 565 g/mol. The highest BCUT2D eigenvalue weighted by Crippen LogP contribution is 2.33. The summed E-state index contributed by atoms with van der Waals surface area (Å²) in [7, 11) is 0. The molecule has 4 nitrogen and oxygen atoms in total. The van der Waals surface area contributed by atoms with Gasteiger partial charge in [0.1, 0.15) is 0 Å². The molecule has 0 unspecified atom stereocenters. The summed E-state index contributed by atoms with van der Waals surface area (Å²) in [6, 6.07) is 26.8. The molecule has 220 valence electrons. The number of nitrogens with zero attached hydrogens (tertiary/aromatic N) is 4. The largest absolute Gasteiger partial charge is 0.317 e. The Labute approximate surface area is 267 Å². The predicted octanol–water partition coefficient (Wildman–Crippen LogP) is 8.35. The normalized spacial score (nSPS) is 15.3. The van der Waals surface area contributed by atoms with Crippen LogP contribution in [0.4, 0.5) is 22.7 Å². The molecule has 0 radical (unpaired) electrons. The monoisotopic (exact) mass is 604 g/mol. The Kier molecular flexibility index (Phi) is 8.01. The summed E-state index contributed by atoms with van der Waals surface area (Å²) >= 11 is 11.9. The van der Waals surface area contributed by atoms with E-state index in [-0.39, 0.29) is 0 Å². The summed E-state index contributed by atoms with van der Waals surface area (Å²) in [6.45, 7) is 16.6. The molecule has 43 heavy (non-hydrogen) atoms. The van der Waals surface area contributed by atoms with E-state index in [4.69, 9.17) is 24.4 Å². The number of anilines is 4. The molecule has 0 aromatic heterocycles. The first kappa shape index (κ1) is 29.3. The molecule has 4 aromatic rings. The average molecular weight is 605 g/mol. The second-order valence-corrected chi connectivity index (χ2v) is 12.9. The highest BCUT2D eigenvalue weighted by atomic mass is 32.1. The minimum Gasteiger partial charge on any atom is -0.317 e. The molecule has 2 saturated heterocycles. The molecule has 0 atom stereocenters. The maximum Gasteiger partial charge on any atom is 0.180 e.